The number of fused-ring (bicyclic) bond motifs is 2. The first kappa shape index (κ1) is 15.6. The zero-order valence-electron chi connectivity index (χ0n) is 14.4. The Bertz CT molecular complexity index is 1630. The largest absolute Gasteiger partial charge is 0.192 e. The summed E-state index contributed by atoms with van der Waals surface area (Å²) in [7, 11) is 0. The molecule has 0 aliphatic heterocycles. The molecule has 0 heterocycles. The standard InChI is InChI=1S/C24H8N4/c25-9-13-4-7-20-22-16(12-28)8-15(11-27)18-6-5-14(10-26)21(24(18)22)19-3-1-2-17(13)23(19)20/h1-8H. The molecule has 5 aromatic carbocycles. The lowest BCUT2D eigenvalue weighted by atomic mass is 9.84. The molecular formula is C24H8N4. The number of hydrogen-bond donors (Lipinski definition) is 0. The molecule has 0 saturated carbocycles. The van der Waals surface area contributed by atoms with Gasteiger partial charge in [-0.3, -0.25) is 0 Å². The Kier molecular flexibility index (Phi) is 3.02. The van der Waals surface area contributed by atoms with Crippen molar-refractivity contribution in [3.8, 4) is 24.3 Å². The fraction of sp³-hybridized carbons (Fsp3) is 0. The molecule has 0 fully saturated rings. The predicted molar refractivity (Wildman–Crippen MR) is 107 cm³/mol. The number of rotatable bonds is 0. The molecule has 4 nitrogen and oxygen atoms in total. The molecule has 0 spiro atoms. The summed E-state index contributed by atoms with van der Waals surface area (Å²) in [6, 6.07) is 23.2. The lowest BCUT2D eigenvalue weighted by molar-refractivity contribution is 1.48. The number of nitrogens with zero attached hydrogens (tertiary/aromatic N) is 4. The van der Waals surface area contributed by atoms with Crippen LogP contribution in [0.2, 0.25) is 0 Å². The van der Waals surface area contributed by atoms with Crippen LogP contribution in [0.4, 0.5) is 0 Å². The average molecular weight is 352 g/mol. The van der Waals surface area contributed by atoms with Gasteiger partial charge in [-0.05, 0) is 34.4 Å². The van der Waals surface area contributed by atoms with Crippen LogP contribution in [-0.2, 0) is 0 Å². The van der Waals surface area contributed by atoms with Crippen molar-refractivity contribution in [3.63, 3.8) is 0 Å². The summed E-state index contributed by atoms with van der Waals surface area (Å²) in [5, 5.41) is 44.9. The lowest BCUT2D eigenvalue weighted by Crippen LogP contribution is -1.95. The molecule has 28 heavy (non-hydrogen) atoms. The highest BCUT2D eigenvalue weighted by Crippen LogP contribution is 2.44. The van der Waals surface area contributed by atoms with Crippen LogP contribution in [0, 0.1) is 45.3 Å². The molecule has 0 amide bonds. The van der Waals surface area contributed by atoms with Crippen LogP contribution < -0.4 is 0 Å². The van der Waals surface area contributed by atoms with Crippen LogP contribution in [0.25, 0.3) is 43.1 Å². The summed E-state index contributed by atoms with van der Waals surface area (Å²) in [6.07, 6.45) is 0. The third-order valence-electron chi connectivity index (χ3n) is 5.36. The summed E-state index contributed by atoms with van der Waals surface area (Å²) >= 11 is 0. The van der Waals surface area contributed by atoms with Crippen molar-refractivity contribution in [3.05, 3.63) is 70.8 Å². The van der Waals surface area contributed by atoms with Gasteiger partial charge < -0.3 is 0 Å². The van der Waals surface area contributed by atoms with Gasteiger partial charge in [-0.1, -0.05) is 30.3 Å². The highest BCUT2D eigenvalue weighted by molar-refractivity contribution is 6.35. The van der Waals surface area contributed by atoms with E-state index in [0.29, 0.717) is 22.3 Å². The molecule has 0 aromatic heterocycles. The van der Waals surface area contributed by atoms with Crippen molar-refractivity contribution < 1.29 is 0 Å². The van der Waals surface area contributed by atoms with Crippen molar-refractivity contribution in [1.82, 2.24) is 0 Å². The maximum absolute atomic E-state index is 9.80. The van der Waals surface area contributed by atoms with Crippen LogP contribution >= 0.6 is 0 Å². The summed E-state index contributed by atoms with van der Waals surface area (Å²) in [5.74, 6) is 0. The summed E-state index contributed by atoms with van der Waals surface area (Å²) in [5.41, 5.74) is 1.82. The molecule has 124 valence electrons. The first-order valence-corrected chi connectivity index (χ1v) is 8.54. The Hall–Kier alpha value is -4.64. The van der Waals surface area contributed by atoms with E-state index in [2.05, 4.69) is 24.3 Å². The molecule has 0 unspecified atom stereocenters. The number of nitriles is 4. The van der Waals surface area contributed by atoms with Crippen LogP contribution in [0.1, 0.15) is 22.3 Å². The van der Waals surface area contributed by atoms with Gasteiger partial charge in [0.15, 0.2) is 0 Å². The normalized spacial score (nSPS) is 10.7. The van der Waals surface area contributed by atoms with Gasteiger partial charge in [0.05, 0.1) is 46.5 Å². The SMILES string of the molecule is N#Cc1ccc2c3c(C#N)cc(C#N)c4ccc(C#N)c(c5cccc1c52)c43. The maximum atomic E-state index is 9.80. The fourth-order valence-corrected chi connectivity index (χ4v) is 4.27. The van der Waals surface area contributed by atoms with Crippen LogP contribution in [-0.4, -0.2) is 0 Å². The molecule has 5 rings (SSSR count). The van der Waals surface area contributed by atoms with Gasteiger partial charge in [0.1, 0.15) is 0 Å². The topological polar surface area (TPSA) is 95.2 Å². The van der Waals surface area contributed by atoms with Gasteiger partial charge >= 0.3 is 0 Å². The van der Waals surface area contributed by atoms with Crippen molar-refractivity contribution in [2.24, 2.45) is 0 Å². The summed E-state index contributed by atoms with van der Waals surface area (Å²) in [6.45, 7) is 0. The Balaban J connectivity index is 2.31. The second-order valence-electron chi connectivity index (χ2n) is 6.59. The molecule has 0 bridgehead atoms. The summed E-state index contributed by atoms with van der Waals surface area (Å²) < 4.78 is 0. The van der Waals surface area contributed by atoms with Crippen molar-refractivity contribution in [1.29, 1.82) is 21.0 Å². The van der Waals surface area contributed by atoms with E-state index in [1.54, 1.807) is 24.3 Å². The van der Waals surface area contributed by atoms with E-state index >= 15 is 0 Å². The van der Waals surface area contributed by atoms with Gasteiger partial charge in [-0.25, -0.2) is 0 Å². The van der Waals surface area contributed by atoms with Gasteiger partial charge in [0.2, 0.25) is 0 Å². The van der Waals surface area contributed by atoms with E-state index in [0.717, 1.165) is 43.1 Å². The Labute approximate surface area is 159 Å². The van der Waals surface area contributed by atoms with Crippen LogP contribution in [0.15, 0.2) is 48.5 Å². The van der Waals surface area contributed by atoms with Crippen molar-refractivity contribution >= 4 is 43.1 Å². The smallest absolute Gasteiger partial charge is 0.0998 e. The monoisotopic (exact) mass is 352 g/mol. The molecular weight excluding hydrogens is 344 g/mol. The molecule has 5 aromatic rings. The first-order chi connectivity index (χ1) is 13.7. The minimum atomic E-state index is 0.390. The predicted octanol–water partition coefficient (Wildman–Crippen LogP) is 5.22. The average Bonchev–Trinajstić information content (AvgIpc) is 2.75. The minimum Gasteiger partial charge on any atom is -0.192 e. The lowest BCUT2D eigenvalue weighted by Gasteiger charge is -2.17. The fourth-order valence-electron chi connectivity index (χ4n) is 4.27. The van der Waals surface area contributed by atoms with E-state index in [4.69, 9.17) is 0 Å². The highest BCUT2D eigenvalue weighted by Gasteiger charge is 2.20. The minimum absolute atomic E-state index is 0.390. The quantitative estimate of drug-likeness (QED) is 0.282. The number of benzene rings is 5. The van der Waals surface area contributed by atoms with Gasteiger partial charge in [-0.2, -0.15) is 21.0 Å². The Morgan fingerprint density at radius 3 is 1.68 bits per heavy atom. The van der Waals surface area contributed by atoms with Gasteiger partial charge in [-0.15, -0.1) is 0 Å². The highest BCUT2D eigenvalue weighted by atomic mass is 14.3. The molecule has 0 N–H and O–H groups in total. The van der Waals surface area contributed by atoms with Crippen LogP contribution in [0.5, 0.6) is 0 Å². The number of hydrogen-bond acceptors (Lipinski definition) is 4. The van der Waals surface area contributed by atoms with Crippen LogP contribution in [0.3, 0.4) is 0 Å². The second-order valence-corrected chi connectivity index (χ2v) is 6.59. The van der Waals surface area contributed by atoms with E-state index < -0.39 is 0 Å². The van der Waals surface area contributed by atoms with Crippen molar-refractivity contribution in [2.75, 3.05) is 0 Å². The van der Waals surface area contributed by atoms with E-state index in [1.165, 1.54) is 0 Å². The summed E-state index contributed by atoms with van der Waals surface area (Å²) in [4.78, 5) is 0. The zero-order chi connectivity index (χ0) is 19.4. The third kappa shape index (κ3) is 1.74. The second kappa shape index (κ2) is 5.43. The molecule has 0 atom stereocenters. The Morgan fingerprint density at radius 1 is 0.429 bits per heavy atom. The van der Waals surface area contributed by atoms with E-state index in [9.17, 15) is 21.0 Å². The molecule has 0 aliphatic carbocycles. The van der Waals surface area contributed by atoms with E-state index in [1.807, 2.05) is 24.3 Å². The maximum Gasteiger partial charge on any atom is 0.0998 e. The molecule has 0 saturated heterocycles. The first-order valence-electron chi connectivity index (χ1n) is 8.54. The Morgan fingerprint density at radius 2 is 0.964 bits per heavy atom. The van der Waals surface area contributed by atoms with E-state index in [-0.39, 0.29) is 0 Å². The molecule has 0 radical (unpaired) electrons. The van der Waals surface area contributed by atoms with Gasteiger partial charge in [0.25, 0.3) is 0 Å². The molecule has 0 aliphatic rings. The zero-order valence-corrected chi connectivity index (χ0v) is 14.4. The third-order valence-corrected chi connectivity index (χ3v) is 5.36. The van der Waals surface area contributed by atoms with Gasteiger partial charge in [0, 0.05) is 26.9 Å². The molecule has 4 heteroatoms. The van der Waals surface area contributed by atoms with Crippen molar-refractivity contribution in [2.45, 2.75) is 0 Å².